The number of fused-ring (bicyclic) bond motifs is 1. The Kier molecular flexibility index (Phi) is 3.48. The van der Waals surface area contributed by atoms with Crippen molar-refractivity contribution in [1.29, 1.82) is 0 Å². The molecule has 0 radical (unpaired) electrons. The Bertz CT molecular complexity index is 495. The lowest BCUT2D eigenvalue weighted by atomic mass is 10.0. The van der Waals surface area contributed by atoms with Gasteiger partial charge in [-0.05, 0) is 37.1 Å². The average Bonchev–Trinajstić information content (AvgIpc) is 2.79. The van der Waals surface area contributed by atoms with Gasteiger partial charge in [-0.1, -0.05) is 6.92 Å². The number of rotatable bonds is 3. The number of ketones is 1. The molecule has 1 atom stereocenters. The largest absolute Gasteiger partial charge is 0.321 e. The number of amides is 1. The smallest absolute Gasteiger partial charge is 0.226 e. The van der Waals surface area contributed by atoms with Gasteiger partial charge in [-0.15, -0.1) is 0 Å². The summed E-state index contributed by atoms with van der Waals surface area (Å²) < 4.78 is 0. The second-order valence-corrected chi connectivity index (χ2v) is 4.65. The van der Waals surface area contributed by atoms with Crippen LogP contribution in [0.1, 0.15) is 36.2 Å². The second-order valence-electron chi connectivity index (χ2n) is 4.65. The third-order valence-corrected chi connectivity index (χ3v) is 3.28. The number of benzene rings is 1. The summed E-state index contributed by atoms with van der Waals surface area (Å²) in [6, 6.07) is 4.99. The number of carbonyl (C=O) groups is 2. The monoisotopic (exact) mass is 246 g/mol. The van der Waals surface area contributed by atoms with Crippen LogP contribution in [-0.4, -0.2) is 24.3 Å². The fourth-order valence-corrected chi connectivity index (χ4v) is 2.27. The third kappa shape index (κ3) is 2.16. The minimum atomic E-state index is -0.488. The van der Waals surface area contributed by atoms with Crippen LogP contribution < -0.4 is 10.6 Å². The van der Waals surface area contributed by atoms with Crippen LogP contribution in [0.4, 0.5) is 5.69 Å². The van der Waals surface area contributed by atoms with E-state index in [0.29, 0.717) is 18.5 Å². The molecule has 4 nitrogen and oxygen atoms in total. The van der Waals surface area contributed by atoms with Crippen LogP contribution in [0.25, 0.3) is 0 Å². The zero-order valence-corrected chi connectivity index (χ0v) is 10.8. The Morgan fingerprint density at radius 1 is 1.44 bits per heavy atom. The molecule has 1 heterocycles. The fourth-order valence-electron chi connectivity index (χ4n) is 2.27. The Labute approximate surface area is 107 Å². The van der Waals surface area contributed by atoms with E-state index in [9.17, 15) is 9.59 Å². The first-order chi connectivity index (χ1) is 8.54. The SMILES string of the molecule is CCC(=O)N1CCc2cc(C(=O)C(C)N)ccc21. The van der Waals surface area contributed by atoms with Crippen LogP contribution in [0.5, 0.6) is 0 Å². The standard InChI is InChI=1S/C14H18N2O2/c1-3-13(17)16-7-6-10-8-11(4-5-12(10)16)14(18)9(2)15/h4-5,8-9H,3,6-7,15H2,1-2H3. The molecule has 2 N–H and O–H groups in total. The Hall–Kier alpha value is -1.68. The normalized spacial score (nSPS) is 15.4. The topological polar surface area (TPSA) is 63.4 Å². The average molecular weight is 246 g/mol. The van der Waals surface area contributed by atoms with Crippen molar-refractivity contribution in [2.45, 2.75) is 32.7 Å². The Morgan fingerprint density at radius 2 is 2.17 bits per heavy atom. The minimum absolute atomic E-state index is 0.0573. The number of carbonyl (C=O) groups excluding carboxylic acids is 2. The predicted molar refractivity (Wildman–Crippen MR) is 70.8 cm³/mol. The van der Waals surface area contributed by atoms with Gasteiger partial charge in [0.2, 0.25) is 5.91 Å². The Balaban J connectivity index is 2.31. The lowest BCUT2D eigenvalue weighted by molar-refractivity contribution is -0.118. The molecular weight excluding hydrogens is 228 g/mol. The third-order valence-electron chi connectivity index (χ3n) is 3.28. The summed E-state index contributed by atoms with van der Waals surface area (Å²) in [5, 5.41) is 0. The van der Waals surface area contributed by atoms with Crippen LogP contribution in [-0.2, 0) is 11.2 Å². The van der Waals surface area contributed by atoms with Crippen LogP contribution in [0.15, 0.2) is 18.2 Å². The van der Waals surface area contributed by atoms with Crippen molar-refractivity contribution < 1.29 is 9.59 Å². The van der Waals surface area contributed by atoms with Crippen LogP contribution >= 0.6 is 0 Å². The molecule has 0 saturated carbocycles. The van der Waals surface area contributed by atoms with Gasteiger partial charge in [0.05, 0.1) is 6.04 Å². The highest BCUT2D eigenvalue weighted by atomic mass is 16.2. The van der Waals surface area contributed by atoms with Gasteiger partial charge in [0, 0.05) is 24.2 Å². The quantitative estimate of drug-likeness (QED) is 0.822. The lowest BCUT2D eigenvalue weighted by Crippen LogP contribution is -2.28. The van der Waals surface area contributed by atoms with Crippen molar-refractivity contribution in [2.75, 3.05) is 11.4 Å². The number of nitrogens with two attached hydrogens (primary N) is 1. The summed E-state index contributed by atoms with van der Waals surface area (Å²) in [5.74, 6) is 0.0677. The van der Waals surface area contributed by atoms with E-state index in [1.165, 1.54) is 0 Å². The summed E-state index contributed by atoms with van der Waals surface area (Å²) in [7, 11) is 0. The summed E-state index contributed by atoms with van der Waals surface area (Å²) in [6.45, 7) is 4.24. The maximum Gasteiger partial charge on any atom is 0.226 e. The molecule has 1 aromatic carbocycles. The van der Waals surface area contributed by atoms with Crippen molar-refractivity contribution in [3.05, 3.63) is 29.3 Å². The van der Waals surface area contributed by atoms with Crippen LogP contribution in [0, 0.1) is 0 Å². The molecule has 0 aromatic heterocycles. The van der Waals surface area contributed by atoms with Crippen molar-refractivity contribution in [1.82, 2.24) is 0 Å². The summed E-state index contributed by atoms with van der Waals surface area (Å²) in [6.07, 6.45) is 1.31. The van der Waals surface area contributed by atoms with E-state index in [1.807, 2.05) is 19.1 Å². The van der Waals surface area contributed by atoms with Crippen molar-refractivity contribution in [3.63, 3.8) is 0 Å². The van der Waals surface area contributed by atoms with E-state index >= 15 is 0 Å². The molecule has 0 spiro atoms. The molecule has 1 aliphatic rings. The predicted octanol–water partition coefficient (Wildman–Crippen LogP) is 1.52. The zero-order chi connectivity index (χ0) is 13.3. The van der Waals surface area contributed by atoms with Crippen molar-refractivity contribution in [3.8, 4) is 0 Å². The number of nitrogens with zero attached hydrogens (tertiary/aromatic N) is 1. The number of anilines is 1. The molecule has 0 saturated heterocycles. The van der Waals surface area contributed by atoms with Gasteiger partial charge in [-0.25, -0.2) is 0 Å². The molecule has 1 aromatic rings. The highest BCUT2D eigenvalue weighted by molar-refractivity contribution is 6.01. The first-order valence-electron chi connectivity index (χ1n) is 6.27. The van der Waals surface area contributed by atoms with Crippen molar-refractivity contribution >= 4 is 17.4 Å². The second kappa shape index (κ2) is 4.90. The van der Waals surface area contributed by atoms with E-state index in [4.69, 9.17) is 5.73 Å². The summed E-state index contributed by atoms with van der Waals surface area (Å²) >= 11 is 0. The maximum absolute atomic E-state index is 11.8. The van der Waals surface area contributed by atoms with Crippen LogP contribution in [0.3, 0.4) is 0 Å². The first kappa shape index (κ1) is 12.8. The molecule has 2 rings (SSSR count). The lowest BCUT2D eigenvalue weighted by Gasteiger charge is -2.16. The Morgan fingerprint density at radius 3 is 2.78 bits per heavy atom. The summed E-state index contributed by atoms with van der Waals surface area (Å²) in [4.78, 5) is 25.3. The van der Waals surface area contributed by atoms with E-state index in [0.717, 1.165) is 17.7 Å². The zero-order valence-electron chi connectivity index (χ0n) is 10.8. The molecule has 1 unspecified atom stereocenters. The molecule has 0 bridgehead atoms. The van der Waals surface area contributed by atoms with Gasteiger partial charge in [-0.3, -0.25) is 9.59 Å². The molecular formula is C14H18N2O2. The van der Waals surface area contributed by atoms with E-state index < -0.39 is 6.04 Å². The van der Waals surface area contributed by atoms with Crippen LogP contribution in [0.2, 0.25) is 0 Å². The van der Waals surface area contributed by atoms with Gasteiger partial charge in [-0.2, -0.15) is 0 Å². The number of hydrogen-bond acceptors (Lipinski definition) is 3. The fraction of sp³-hybridized carbons (Fsp3) is 0.429. The van der Waals surface area contributed by atoms with E-state index in [-0.39, 0.29) is 11.7 Å². The number of hydrogen-bond donors (Lipinski definition) is 1. The first-order valence-corrected chi connectivity index (χ1v) is 6.27. The summed E-state index contributed by atoms with van der Waals surface area (Å²) in [5.41, 5.74) is 8.22. The van der Waals surface area contributed by atoms with Gasteiger partial charge >= 0.3 is 0 Å². The molecule has 1 aliphatic heterocycles. The van der Waals surface area contributed by atoms with Gasteiger partial charge in [0.25, 0.3) is 0 Å². The van der Waals surface area contributed by atoms with Crippen molar-refractivity contribution in [2.24, 2.45) is 5.73 Å². The van der Waals surface area contributed by atoms with E-state index in [1.54, 1.807) is 17.9 Å². The van der Waals surface area contributed by atoms with E-state index in [2.05, 4.69) is 0 Å². The number of Topliss-reactive ketones (excluding diaryl/α,β-unsaturated/α-hetero) is 1. The molecule has 18 heavy (non-hydrogen) atoms. The molecule has 1 amide bonds. The molecule has 0 aliphatic carbocycles. The minimum Gasteiger partial charge on any atom is -0.321 e. The highest BCUT2D eigenvalue weighted by Crippen LogP contribution is 2.29. The van der Waals surface area contributed by atoms with Gasteiger partial charge in [0.15, 0.2) is 5.78 Å². The molecule has 0 fully saturated rings. The molecule has 4 heteroatoms. The van der Waals surface area contributed by atoms with Gasteiger partial charge in [0.1, 0.15) is 0 Å². The molecule has 96 valence electrons. The maximum atomic E-state index is 11.8. The van der Waals surface area contributed by atoms with Gasteiger partial charge < -0.3 is 10.6 Å². The highest BCUT2D eigenvalue weighted by Gasteiger charge is 2.24.